The van der Waals surface area contributed by atoms with Crippen molar-refractivity contribution < 1.29 is 14.2 Å². The van der Waals surface area contributed by atoms with Crippen molar-refractivity contribution in [1.29, 1.82) is 0 Å². The molecule has 1 aromatic carbocycles. The number of rotatable bonds is 13. The molecule has 1 N–H and O–H groups in total. The van der Waals surface area contributed by atoms with Crippen LogP contribution in [0.2, 0.25) is 0 Å². The van der Waals surface area contributed by atoms with Crippen molar-refractivity contribution >= 4 is 11.8 Å². The lowest BCUT2D eigenvalue weighted by molar-refractivity contribution is 0.113. The van der Waals surface area contributed by atoms with Crippen LogP contribution in [0.4, 0.5) is 0 Å². The molecule has 0 saturated carbocycles. The average molecular weight is 313 g/mol. The summed E-state index contributed by atoms with van der Waals surface area (Å²) in [5, 5.41) is 3.35. The monoisotopic (exact) mass is 313 g/mol. The molecule has 1 aromatic rings. The molecule has 5 heteroatoms. The summed E-state index contributed by atoms with van der Waals surface area (Å²) in [6, 6.07) is 8.63. The lowest BCUT2D eigenvalue weighted by atomic mass is 10.2. The van der Waals surface area contributed by atoms with Crippen molar-refractivity contribution in [2.45, 2.75) is 17.9 Å². The van der Waals surface area contributed by atoms with E-state index in [1.54, 1.807) is 14.2 Å². The Morgan fingerprint density at radius 3 is 2.71 bits per heavy atom. The second-order valence-corrected chi connectivity index (χ2v) is 5.79. The van der Waals surface area contributed by atoms with E-state index in [4.69, 9.17) is 14.2 Å². The molecule has 0 bridgehead atoms. The third-order valence-electron chi connectivity index (χ3n) is 2.84. The van der Waals surface area contributed by atoms with Crippen LogP contribution in [0.5, 0.6) is 0 Å². The van der Waals surface area contributed by atoms with E-state index in [1.807, 2.05) is 11.8 Å². The Kier molecular flexibility index (Phi) is 11.5. The van der Waals surface area contributed by atoms with Gasteiger partial charge in [0.05, 0.1) is 13.2 Å². The van der Waals surface area contributed by atoms with Crippen molar-refractivity contribution in [2.24, 2.45) is 0 Å². The van der Waals surface area contributed by atoms with Gasteiger partial charge >= 0.3 is 0 Å². The standard InChI is InChI=1S/C16H27NO3S/c1-18-8-4-9-20-11-12-21-16-6-3-5-15(13-16)14-17-7-10-19-2/h3,5-6,13,17H,4,7-12,14H2,1-2H3. The maximum absolute atomic E-state index is 5.55. The van der Waals surface area contributed by atoms with Gasteiger partial charge in [0.1, 0.15) is 0 Å². The molecule has 0 fully saturated rings. The molecule has 1 rings (SSSR count). The minimum Gasteiger partial charge on any atom is -0.385 e. The molecular weight excluding hydrogens is 286 g/mol. The van der Waals surface area contributed by atoms with Crippen LogP contribution in [0.15, 0.2) is 29.2 Å². The van der Waals surface area contributed by atoms with Gasteiger partial charge in [-0.2, -0.15) is 0 Å². The van der Waals surface area contributed by atoms with E-state index in [0.29, 0.717) is 0 Å². The molecule has 0 atom stereocenters. The minimum atomic E-state index is 0.745. The zero-order valence-corrected chi connectivity index (χ0v) is 13.9. The van der Waals surface area contributed by atoms with Gasteiger partial charge in [0.15, 0.2) is 0 Å². The van der Waals surface area contributed by atoms with Crippen LogP contribution in [0.1, 0.15) is 12.0 Å². The number of nitrogens with one attached hydrogen (secondary N) is 1. The van der Waals surface area contributed by atoms with Gasteiger partial charge in [-0.15, -0.1) is 11.8 Å². The molecule has 4 nitrogen and oxygen atoms in total. The Hall–Kier alpha value is -0.590. The lowest BCUT2D eigenvalue weighted by Gasteiger charge is -2.07. The summed E-state index contributed by atoms with van der Waals surface area (Å²) in [5.41, 5.74) is 1.30. The third-order valence-corrected chi connectivity index (χ3v) is 3.80. The SMILES string of the molecule is COCCCOCCSc1cccc(CNCCOC)c1. The molecule has 0 aliphatic carbocycles. The van der Waals surface area contributed by atoms with Crippen molar-refractivity contribution in [3.05, 3.63) is 29.8 Å². The molecule has 0 spiro atoms. The van der Waals surface area contributed by atoms with Crippen LogP contribution < -0.4 is 5.32 Å². The largest absolute Gasteiger partial charge is 0.385 e. The Morgan fingerprint density at radius 2 is 1.90 bits per heavy atom. The smallest absolute Gasteiger partial charge is 0.0587 e. The highest BCUT2D eigenvalue weighted by molar-refractivity contribution is 7.99. The third kappa shape index (κ3) is 9.87. The highest BCUT2D eigenvalue weighted by Crippen LogP contribution is 2.18. The van der Waals surface area contributed by atoms with E-state index in [9.17, 15) is 0 Å². The van der Waals surface area contributed by atoms with Crippen LogP contribution in [0.3, 0.4) is 0 Å². The Bertz CT molecular complexity index is 363. The van der Waals surface area contributed by atoms with Crippen molar-refractivity contribution in [3.8, 4) is 0 Å². The van der Waals surface area contributed by atoms with Gasteiger partial charge in [0, 0.05) is 51.2 Å². The predicted octanol–water partition coefficient (Wildman–Crippen LogP) is 2.57. The molecule has 0 aromatic heterocycles. The zero-order chi connectivity index (χ0) is 15.2. The molecule has 0 aliphatic heterocycles. The summed E-state index contributed by atoms with van der Waals surface area (Å²) in [7, 11) is 3.43. The van der Waals surface area contributed by atoms with E-state index >= 15 is 0 Å². The van der Waals surface area contributed by atoms with Gasteiger partial charge in [-0.3, -0.25) is 0 Å². The first-order chi connectivity index (χ1) is 10.4. The topological polar surface area (TPSA) is 39.7 Å². The number of thioether (sulfide) groups is 1. The minimum absolute atomic E-state index is 0.745. The van der Waals surface area contributed by atoms with E-state index in [-0.39, 0.29) is 0 Å². The molecule has 0 amide bonds. The highest BCUT2D eigenvalue weighted by atomic mass is 32.2. The van der Waals surface area contributed by atoms with Crippen molar-refractivity contribution in [1.82, 2.24) is 5.32 Å². The highest BCUT2D eigenvalue weighted by Gasteiger charge is 1.98. The van der Waals surface area contributed by atoms with E-state index in [0.717, 1.165) is 51.7 Å². The number of benzene rings is 1. The van der Waals surface area contributed by atoms with Crippen LogP contribution >= 0.6 is 11.8 Å². The fraction of sp³-hybridized carbons (Fsp3) is 0.625. The van der Waals surface area contributed by atoms with Crippen molar-refractivity contribution in [2.75, 3.05) is 52.9 Å². The second-order valence-electron chi connectivity index (χ2n) is 4.62. The maximum atomic E-state index is 5.55. The molecule has 120 valence electrons. The van der Waals surface area contributed by atoms with Crippen molar-refractivity contribution in [3.63, 3.8) is 0 Å². The van der Waals surface area contributed by atoms with Gasteiger partial charge in [0.2, 0.25) is 0 Å². The Morgan fingerprint density at radius 1 is 1.05 bits per heavy atom. The first kappa shape index (κ1) is 18.5. The number of methoxy groups -OCH3 is 2. The number of ether oxygens (including phenoxy) is 3. The number of hydrogen-bond donors (Lipinski definition) is 1. The normalized spacial score (nSPS) is 11.0. The van der Waals surface area contributed by atoms with Crippen LogP contribution in [0, 0.1) is 0 Å². The lowest BCUT2D eigenvalue weighted by Crippen LogP contribution is -2.18. The predicted molar refractivity (Wildman–Crippen MR) is 88.1 cm³/mol. The molecule has 0 aliphatic rings. The Balaban J connectivity index is 2.14. The molecule has 21 heavy (non-hydrogen) atoms. The van der Waals surface area contributed by atoms with Gasteiger partial charge in [0.25, 0.3) is 0 Å². The zero-order valence-electron chi connectivity index (χ0n) is 13.1. The molecule has 0 radical (unpaired) electrons. The van der Waals surface area contributed by atoms with Crippen LogP contribution in [0.25, 0.3) is 0 Å². The maximum Gasteiger partial charge on any atom is 0.0587 e. The molecule has 0 unspecified atom stereocenters. The van der Waals surface area contributed by atoms with Crippen LogP contribution in [-0.4, -0.2) is 52.9 Å². The summed E-state index contributed by atoms with van der Waals surface area (Å²) in [6.07, 6.45) is 0.962. The second kappa shape index (κ2) is 13.1. The first-order valence-corrected chi connectivity index (χ1v) is 8.33. The van der Waals surface area contributed by atoms with E-state index in [1.165, 1.54) is 10.5 Å². The van der Waals surface area contributed by atoms with Crippen LogP contribution in [-0.2, 0) is 20.8 Å². The summed E-state index contributed by atoms with van der Waals surface area (Å²) in [5.74, 6) is 0.980. The molecular formula is C16H27NO3S. The van der Waals surface area contributed by atoms with E-state index in [2.05, 4.69) is 29.6 Å². The number of hydrogen-bond acceptors (Lipinski definition) is 5. The van der Waals surface area contributed by atoms with Gasteiger partial charge in [-0.1, -0.05) is 12.1 Å². The van der Waals surface area contributed by atoms with Gasteiger partial charge in [-0.25, -0.2) is 0 Å². The molecule has 0 heterocycles. The summed E-state index contributed by atoms with van der Waals surface area (Å²) in [4.78, 5) is 1.29. The molecule has 0 saturated heterocycles. The fourth-order valence-electron chi connectivity index (χ4n) is 1.78. The summed E-state index contributed by atoms with van der Waals surface area (Å²) >= 11 is 1.83. The fourth-order valence-corrected chi connectivity index (χ4v) is 2.62. The summed E-state index contributed by atoms with van der Waals surface area (Å²) in [6.45, 7) is 4.83. The Labute approximate surface area is 132 Å². The first-order valence-electron chi connectivity index (χ1n) is 7.35. The van der Waals surface area contributed by atoms with Gasteiger partial charge in [-0.05, 0) is 24.1 Å². The average Bonchev–Trinajstić information content (AvgIpc) is 2.51. The summed E-state index contributed by atoms with van der Waals surface area (Å²) < 4.78 is 15.5. The quantitative estimate of drug-likeness (QED) is 0.448. The van der Waals surface area contributed by atoms with E-state index < -0.39 is 0 Å². The van der Waals surface area contributed by atoms with Gasteiger partial charge < -0.3 is 19.5 Å².